The first-order valence-corrected chi connectivity index (χ1v) is 6.39. The molecule has 1 N–H and O–H groups in total. The summed E-state index contributed by atoms with van der Waals surface area (Å²) in [6, 6.07) is 0. The SMILES string of the molecule is COC(=O)C1=CC(O)C2C=CC=C(SC)C2=N1. The number of allylic oxidation sites excluding steroid dienone is 3. The predicted molar refractivity (Wildman–Crippen MR) is 67.8 cm³/mol. The Hall–Kier alpha value is -1.33. The van der Waals surface area contributed by atoms with Crippen molar-refractivity contribution >= 4 is 23.4 Å². The Labute approximate surface area is 104 Å². The summed E-state index contributed by atoms with van der Waals surface area (Å²) >= 11 is 1.54. The van der Waals surface area contributed by atoms with E-state index in [1.807, 2.05) is 24.5 Å². The average Bonchev–Trinajstić information content (AvgIpc) is 2.37. The zero-order valence-electron chi connectivity index (χ0n) is 9.58. The molecule has 5 heteroatoms. The number of carbonyl (C=O) groups is 1. The number of carbonyl (C=O) groups excluding carboxylic acids is 1. The van der Waals surface area contributed by atoms with Crippen molar-refractivity contribution in [3.05, 3.63) is 34.9 Å². The number of ether oxygens (including phenoxy) is 1. The molecule has 1 heterocycles. The molecule has 4 nitrogen and oxygen atoms in total. The van der Waals surface area contributed by atoms with Crippen LogP contribution in [-0.4, -0.2) is 36.3 Å². The summed E-state index contributed by atoms with van der Waals surface area (Å²) in [5.74, 6) is -0.694. The maximum atomic E-state index is 11.4. The van der Waals surface area contributed by atoms with Crippen LogP contribution in [0.1, 0.15) is 0 Å². The van der Waals surface area contributed by atoms with Crippen LogP contribution in [0.15, 0.2) is 39.9 Å². The summed E-state index contributed by atoms with van der Waals surface area (Å²) < 4.78 is 4.62. The molecular weight excluding hydrogens is 238 g/mol. The van der Waals surface area contributed by atoms with Crippen molar-refractivity contribution in [2.75, 3.05) is 13.4 Å². The van der Waals surface area contributed by atoms with Crippen LogP contribution < -0.4 is 0 Å². The van der Waals surface area contributed by atoms with Crippen LogP contribution in [0.5, 0.6) is 0 Å². The van der Waals surface area contributed by atoms with Crippen LogP contribution in [0.25, 0.3) is 0 Å². The molecule has 0 bridgehead atoms. The molecule has 0 amide bonds. The molecule has 0 saturated carbocycles. The number of methoxy groups -OCH3 is 1. The lowest BCUT2D eigenvalue weighted by Gasteiger charge is -2.26. The highest BCUT2D eigenvalue weighted by atomic mass is 32.2. The molecule has 2 atom stereocenters. The Kier molecular flexibility index (Phi) is 3.49. The number of aliphatic imine (C=N–C) groups is 1. The van der Waals surface area contributed by atoms with Gasteiger partial charge in [-0.05, 0) is 18.4 Å². The van der Waals surface area contributed by atoms with E-state index in [4.69, 9.17) is 0 Å². The van der Waals surface area contributed by atoms with Crippen LogP contribution in [-0.2, 0) is 9.53 Å². The fourth-order valence-corrected chi connectivity index (χ4v) is 2.44. The normalized spacial score (nSPS) is 26.6. The zero-order chi connectivity index (χ0) is 12.4. The second-order valence-electron chi connectivity index (χ2n) is 3.68. The van der Waals surface area contributed by atoms with Gasteiger partial charge < -0.3 is 9.84 Å². The molecule has 1 aliphatic heterocycles. The minimum absolute atomic E-state index is 0.168. The fourth-order valence-electron chi connectivity index (χ4n) is 1.83. The van der Waals surface area contributed by atoms with Gasteiger partial charge in [-0.2, -0.15) is 0 Å². The van der Waals surface area contributed by atoms with Gasteiger partial charge in [0.25, 0.3) is 0 Å². The number of aliphatic hydroxyl groups excluding tert-OH is 1. The first-order valence-electron chi connectivity index (χ1n) is 5.17. The van der Waals surface area contributed by atoms with Crippen LogP contribution in [0.4, 0.5) is 0 Å². The third kappa shape index (κ3) is 2.21. The van der Waals surface area contributed by atoms with E-state index in [1.165, 1.54) is 13.2 Å². The summed E-state index contributed by atoms with van der Waals surface area (Å²) in [5, 5.41) is 9.98. The molecule has 90 valence electrons. The van der Waals surface area contributed by atoms with Gasteiger partial charge in [-0.3, -0.25) is 0 Å². The molecule has 0 aromatic heterocycles. The quantitative estimate of drug-likeness (QED) is 0.751. The van der Waals surface area contributed by atoms with Gasteiger partial charge in [0.2, 0.25) is 0 Å². The highest BCUT2D eigenvalue weighted by molar-refractivity contribution is 8.03. The molecule has 2 aliphatic rings. The molecule has 2 unspecified atom stereocenters. The first kappa shape index (κ1) is 12.1. The Morgan fingerprint density at radius 1 is 1.59 bits per heavy atom. The number of fused-ring (bicyclic) bond motifs is 1. The number of rotatable bonds is 2. The second-order valence-corrected chi connectivity index (χ2v) is 4.52. The molecule has 0 spiro atoms. The number of nitrogens with zero attached hydrogens (tertiary/aromatic N) is 1. The molecule has 0 aromatic rings. The molecular formula is C12H13NO3S. The summed E-state index contributed by atoms with van der Waals surface area (Å²) in [5.41, 5.74) is 0.900. The Morgan fingerprint density at radius 2 is 2.35 bits per heavy atom. The first-order chi connectivity index (χ1) is 8.17. The van der Waals surface area contributed by atoms with Crippen LogP contribution in [0, 0.1) is 5.92 Å². The molecule has 2 rings (SSSR count). The third-order valence-corrected chi connectivity index (χ3v) is 3.47. The van der Waals surface area contributed by atoms with E-state index in [9.17, 15) is 9.90 Å². The van der Waals surface area contributed by atoms with Crippen molar-refractivity contribution in [3.8, 4) is 0 Å². The number of esters is 1. The van der Waals surface area contributed by atoms with E-state index < -0.39 is 12.1 Å². The lowest BCUT2D eigenvalue weighted by molar-refractivity contribution is -0.136. The highest BCUT2D eigenvalue weighted by Crippen LogP contribution is 2.30. The van der Waals surface area contributed by atoms with Crippen LogP contribution >= 0.6 is 11.8 Å². The summed E-state index contributed by atoms with van der Waals surface area (Å²) in [7, 11) is 1.30. The molecule has 17 heavy (non-hydrogen) atoms. The fraction of sp³-hybridized carbons (Fsp3) is 0.333. The van der Waals surface area contributed by atoms with E-state index in [0.717, 1.165) is 10.6 Å². The van der Waals surface area contributed by atoms with E-state index >= 15 is 0 Å². The number of aliphatic hydroxyl groups is 1. The summed E-state index contributed by atoms with van der Waals surface area (Å²) in [6.07, 6.45) is 8.35. The highest BCUT2D eigenvalue weighted by Gasteiger charge is 2.31. The van der Waals surface area contributed by atoms with E-state index in [1.54, 1.807) is 11.8 Å². The minimum atomic E-state index is -0.733. The Bertz CT molecular complexity index is 462. The van der Waals surface area contributed by atoms with Crippen molar-refractivity contribution in [1.82, 2.24) is 0 Å². The predicted octanol–water partition coefficient (Wildman–Crippen LogP) is 1.29. The molecule has 1 aliphatic carbocycles. The van der Waals surface area contributed by atoms with Gasteiger partial charge in [-0.1, -0.05) is 12.2 Å². The maximum Gasteiger partial charge on any atom is 0.356 e. The smallest absolute Gasteiger partial charge is 0.356 e. The van der Waals surface area contributed by atoms with Gasteiger partial charge >= 0.3 is 5.97 Å². The number of thioether (sulfide) groups is 1. The largest absolute Gasteiger partial charge is 0.464 e. The van der Waals surface area contributed by atoms with Gasteiger partial charge in [0.1, 0.15) is 5.70 Å². The van der Waals surface area contributed by atoms with Crippen molar-refractivity contribution in [1.29, 1.82) is 0 Å². The number of hydrogen-bond acceptors (Lipinski definition) is 5. The van der Waals surface area contributed by atoms with Gasteiger partial charge in [-0.15, -0.1) is 11.8 Å². The third-order valence-electron chi connectivity index (χ3n) is 2.69. The zero-order valence-corrected chi connectivity index (χ0v) is 10.4. The van der Waals surface area contributed by atoms with Crippen molar-refractivity contribution < 1.29 is 14.6 Å². The maximum absolute atomic E-state index is 11.4. The van der Waals surface area contributed by atoms with Gasteiger partial charge in [0.05, 0.1) is 24.8 Å². The van der Waals surface area contributed by atoms with Gasteiger partial charge in [0.15, 0.2) is 0 Å². The standard InChI is InChI=1S/C12H13NO3S/c1-16-12(15)8-6-9(14)7-4-3-5-10(17-2)11(7)13-8/h3-7,9,14H,1-2H3. The van der Waals surface area contributed by atoms with Crippen LogP contribution in [0.3, 0.4) is 0 Å². The van der Waals surface area contributed by atoms with E-state index in [-0.39, 0.29) is 11.6 Å². The lowest BCUT2D eigenvalue weighted by Crippen LogP contribution is -2.31. The van der Waals surface area contributed by atoms with Crippen molar-refractivity contribution in [2.24, 2.45) is 10.9 Å². The number of hydrogen-bond donors (Lipinski definition) is 1. The van der Waals surface area contributed by atoms with Gasteiger partial charge in [-0.25, -0.2) is 9.79 Å². The van der Waals surface area contributed by atoms with Crippen molar-refractivity contribution in [3.63, 3.8) is 0 Å². The summed E-state index contributed by atoms with van der Waals surface area (Å²) in [6.45, 7) is 0. The minimum Gasteiger partial charge on any atom is -0.464 e. The monoisotopic (exact) mass is 251 g/mol. The van der Waals surface area contributed by atoms with E-state index in [2.05, 4.69) is 9.73 Å². The van der Waals surface area contributed by atoms with Crippen LogP contribution in [0.2, 0.25) is 0 Å². The van der Waals surface area contributed by atoms with E-state index in [0.29, 0.717) is 0 Å². The lowest BCUT2D eigenvalue weighted by atomic mass is 9.89. The van der Waals surface area contributed by atoms with Gasteiger partial charge in [0, 0.05) is 4.91 Å². The molecule has 0 fully saturated rings. The Morgan fingerprint density at radius 3 is 3.00 bits per heavy atom. The molecule has 0 saturated heterocycles. The topological polar surface area (TPSA) is 58.9 Å². The van der Waals surface area contributed by atoms with Crippen molar-refractivity contribution in [2.45, 2.75) is 6.10 Å². The average molecular weight is 251 g/mol. The summed E-state index contributed by atoms with van der Waals surface area (Å²) in [4.78, 5) is 16.7. The Balaban J connectivity index is 2.39. The molecule has 0 radical (unpaired) electrons. The second kappa shape index (κ2) is 4.89. The molecule has 0 aromatic carbocycles.